The van der Waals surface area contributed by atoms with Crippen LogP contribution < -0.4 is 20.1 Å². The highest BCUT2D eigenvalue weighted by Crippen LogP contribution is 2.33. The van der Waals surface area contributed by atoms with E-state index in [9.17, 15) is 0 Å². The molecule has 3 rings (SSSR count). The maximum absolute atomic E-state index is 6.04. The van der Waals surface area contributed by atoms with E-state index >= 15 is 0 Å². The van der Waals surface area contributed by atoms with Gasteiger partial charge in [0.15, 0.2) is 17.5 Å². The number of benzene rings is 2. The third-order valence-electron chi connectivity index (χ3n) is 5.09. The Labute approximate surface area is 177 Å². The van der Waals surface area contributed by atoms with E-state index in [0.29, 0.717) is 6.54 Å². The average molecular weight is 417 g/mol. The van der Waals surface area contributed by atoms with Gasteiger partial charge in [-0.3, -0.25) is 9.89 Å². The number of nitrogens with one attached hydrogen (secondary N) is 2. The van der Waals surface area contributed by atoms with Gasteiger partial charge in [0.05, 0.1) is 14.2 Å². The zero-order chi connectivity index (χ0) is 20.6. The van der Waals surface area contributed by atoms with Crippen LogP contribution in [-0.2, 0) is 19.5 Å². The Balaban J connectivity index is 1.48. The average Bonchev–Trinajstić information content (AvgIpc) is 2.75. The van der Waals surface area contributed by atoms with Gasteiger partial charge in [0.1, 0.15) is 0 Å². The molecule has 0 aromatic heterocycles. The van der Waals surface area contributed by atoms with Gasteiger partial charge in [-0.2, -0.15) is 0 Å². The molecule has 2 aromatic rings. The number of rotatable bonds is 7. The minimum absolute atomic E-state index is 0.680. The van der Waals surface area contributed by atoms with Gasteiger partial charge in [-0.25, -0.2) is 0 Å². The third kappa shape index (κ3) is 5.78. The van der Waals surface area contributed by atoms with E-state index in [1.807, 2.05) is 24.3 Å². The van der Waals surface area contributed by atoms with Crippen molar-refractivity contribution >= 4 is 17.6 Å². The Morgan fingerprint density at radius 2 is 1.86 bits per heavy atom. The SMILES string of the molecule is CN=C(NCCN1CCc2cc(OC)c(OC)cc2C1)NCc1cccc(Cl)c1. The van der Waals surface area contributed by atoms with Gasteiger partial charge in [-0.05, 0) is 47.4 Å². The smallest absolute Gasteiger partial charge is 0.191 e. The number of hydrogen-bond acceptors (Lipinski definition) is 4. The third-order valence-corrected chi connectivity index (χ3v) is 5.33. The lowest BCUT2D eigenvalue weighted by Gasteiger charge is -2.29. The summed E-state index contributed by atoms with van der Waals surface area (Å²) in [4.78, 5) is 6.73. The summed E-state index contributed by atoms with van der Waals surface area (Å²) < 4.78 is 10.9. The van der Waals surface area contributed by atoms with Crippen molar-refractivity contribution in [3.05, 3.63) is 58.1 Å². The van der Waals surface area contributed by atoms with Crippen molar-refractivity contribution in [2.45, 2.75) is 19.5 Å². The van der Waals surface area contributed by atoms with E-state index in [4.69, 9.17) is 21.1 Å². The molecule has 6 nitrogen and oxygen atoms in total. The second kappa shape index (κ2) is 10.4. The Kier molecular flexibility index (Phi) is 7.61. The highest BCUT2D eigenvalue weighted by Gasteiger charge is 2.19. The standard InChI is InChI=1S/C22H29ClN4O2/c1-24-22(26-14-16-5-4-6-19(23)11-16)25-8-10-27-9-7-17-12-20(28-2)21(29-3)13-18(17)15-27/h4-6,11-13H,7-10,14-15H2,1-3H3,(H2,24,25,26). The molecule has 0 atom stereocenters. The molecule has 0 unspecified atom stereocenters. The van der Waals surface area contributed by atoms with Crippen molar-refractivity contribution in [3.8, 4) is 11.5 Å². The number of halogens is 1. The lowest BCUT2D eigenvalue weighted by atomic mass is 9.99. The van der Waals surface area contributed by atoms with Crippen LogP contribution in [0.5, 0.6) is 11.5 Å². The number of guanidine groups is 1. The Bertz CT molecular complexity index is 857. The van der Waals surface area contributed by atoms with Gasteiger partial charge in [-0.1, -0.05) is 23.7 Å². The summed E-state index contributed by atoms with van der Waals surface area (Å²) in [5.74, 6) is 2.38. The summed E-state index contributed by atoms with van der Waals surface area (Å²) in [6, 6.07) is 12.0. The van der Waals surface area contributed by atoms with E-state index in [2.05, 4.69) is 32.7 Å². The molecule has 1 aliphatic rings. The number of aliphatic imine (C=N–C) groups is 1. The number of fused-ring (bicyclic) bond motifs is 1. The van der Waals surface area contributed by atoms with Gasteiger partial charge in [0, 0.05) is 44.8 Å². The van der Waals surface area contributed by atoms with Crippen LogP contribution in [0, 0.1) is 0 Å². The number of hydrogen-bond donors (Lipinski definition) is 2. The zero-order valence-corrected chi connectivity index (χ0v) is 18.1. The van der Waals surface area contributed by atoms with Crippen LogP contribution in [0.3, 0.4) is 0 Å². The molecule has 0 saturated heterocycles. The predicted molar refractivity (Wildman–Crippen MR) is 118 cm³/mol. The molecule has 1 aliphatic heterocycles. The van der Waals surface area contributed by atoms with E-state index in [-0.39, 0.29) is 0 Å². The van der Waals surface area contributed by atoms with Gasteiger partial charge < -0.3 is 20.1 Å². The molecule has 7 heteroatoms. The minimum atomic E-state index is 0.680. The molecule has 0 fully saturated rings. The molecule has 2 aromatic carbocycles. The Morgan fingerprint density at radius 1 is 1.10 bits per heavy atom. The van der Waals surface area contributed by atoms with Crippen molar-refractivity contribution in [2.75, 3.05) is 40.9 Å². The van der Waals surface area contributed by atoms with Crippen molar-refractivity contribution < 1.29 is 9.47 Å². The number of nitrogens with zero attached hydrogens (tertiary/aromatic N) is 2. The fraction of sp³-hybridized carbons (Fsp3) is 0.409. The van der Waals surface area contributed by atoms with Crippen molar-refractivity contribution in [2.24, 2.45) is 4.99 Å². The lowest BCUT2D eigenvalue weighted by Crippen LogP contribution is -2.42. The Hall–Kier alpha value is -2.44. The van der Waals surface area contributed by atoms with Crippen molar-refractivity contribution in [1.82, 2.24) is 15.5 Å². The maximum Gasteiger partial charge on any atom is 0.191 e. The van der Waals surface area contributed by atoms with E-state index in [0.717, 1.165) is 60.6 Å². The van der Waals surface area contributed by atoms with Crippen LogP contribution in [0.4, 0.5) is 0 Å². The van der Waals surface area contributed by atoms with Crippen molar-refractivity contribution in [1.29, 1.82) is 0 Å². The summed E-state index contributed by atoms with van der Waals surface area (Å²) in [5.41, 5.74) is 3.76. The monoisotopic (exact) mass is 416 g/mol. The van der Waals surface area contributed by atoms with Crippen LogP contribution in [0.1, 0.15) is 16.7 Å². The molecular weight excluding hydrogens is 388 g/mol. The fourth-order valence-electron chi connectivity index (χ4n) is 3.52. The first-order valence-electron chi connectivity index (χ1n) is 9.78. The predicted octanol–water partition coefficient (Wildman–Crippen LogP) is 3.08. The van der Waals surface area contributed by atoms with Crippen LogP contribution >= 0.6 is 11.6 Å². The van der Waals surface area contributed by atoms with Crippen LogP contribution in [-0.4, -0.2) is 51.8 Å². The number of ether oxygens (including phenoxy) is 2. The summed E-state index contributed by atoms with van der Waals surface area (Å²) >= 11 is 6.04. The zero-order valence-electron chi connectivity index (χ0n) is 17.3. The fourth-order valence-corrected chi connectivity index (χ4v) is 3.73. The molecule has 0 spiro atoms. The van der Waals surface area contributed by atoms with E-state index in [1.54, 1.807) is 21.3 Å². The second-order valence-electron chi connectivity index (χ2n) is 6.98. The molecule has 0 radical (unpaired) electrons. The normalized spacial score (nSPS) is 14.3. The highest BCUT2D eigenvalue weighted by atomic mass is 35.5. The molecular formula is C22H29ClN4O2. The van der Waals surface area contributed by atoms with Gasteiger partial charge in [-0.15, -0.1) is 0 Å². The topological polar surface area (TPSA) is 58.1 Å². The lowest BCUT2D eigenvalue weighted by molar-refractivity contribution is 0.256. The quantitative estimate of drug-likeness (QED) is 0.536. The first-order valence-corrected chi connectivity index (χ1v) is 10.2. The maximum atomic E-state index is 6.04. The van der Waals surface area contributed by atoms with Crippen LogP contribution in [0.2, 0.25) is 5.02 Å². The molecule has 0 amide bonds. The van der Waals surface area contributed by atoms with Gasteiger partial charge in [0.25, 0.3) is 0 Å². The van der Waals surface area contributed by atoms with E-state index in [1.165, 1.54) is 11.1 Å². The second-order valence-corrected chi connectivity index (χ2v) is 7.42. The van der Waals surface area contributed by atoms with Crippen molar-refractivity contribution in [3.63, 3.8) is 0 Å². The first-order chi connectivity index (χ1) is 14.1. The van der Waals surface area contributed by atoms with Crippen LogP contribution in [0.15, 0.2) is 41.4 Å². The highest BCUT2D eigenvalue weighted by molar-refractivity contribution is 6.30. The Morgan fingerprint density at radius 3 is 2.55 bits per heavy atom. The van der Waals surface area contributed by atoms with Crippen LogP contribution in [0.25, 0.3) is 0 Å². The molecule has 1 heterocycles. The summed E-state index contributed by atoms with van der Waals surface area (Å²) in [6.07, 6.45) is 1.01. The molecule has 2 N–H and O–H groups in total. The number of methoxy groups -OCH3 is 2. The summed E-state index contributed by atoms with van der Waals surface area (Å²) in [5, 5.41) is 7.45. The molecule has 0 saturated carbocycles. The largest absolute Gasteiger partial charge is 0.493 e. The minimum Gasteiger partial charge on any atom is -0.493 e. The van der Waals surface area contributed by atoms with Gasteiger partial charge >= 0.3 is 0 Å². The van der Waals surface area contributed by atoms with E-state index < -0.39 is 0 Å². The molecule has 156 valence electrons. The summed E-state index contributed by atoms with van der Waals surface area (Å²) in [7, 11) is 5.14. The first kappa shape index (κ1) is 21.3. The molecule has 29 heavy (non-hydrogen) atoms. The van der Waals surface area contributed by atoms with Gasteiger partial charge in [0.2, 0.25) is 0 Å². The molecule has 0 bridgehead atoms. The molecule has 0 aliphatic carbocycles. The summed E-state index contributed by atoms with van der Waals surface area (Å²) in [6.45, 7) is 4.37.